The first-order valence-electron chi connectivity index (χ1n) is 9.23. The van der Waals surface area contributed by atoms with Crippen molar-refractivity contribution < 1.29 is 18.7 Å². The van der Waals surface area contributed by atoms with Gasteiger partial charge in [-0.1, -0.05) is 30.3 Å². The quantitative estimate of drug-likeness (QED) is 0.447. The van der Waals surface area contributed by atoms with Crippen molar-refractivity contribution in [3.8, 4) is 11.5 Å². The van der Waals surface area contributed by atoms with E-state index in [-0.39, 0.29) is 23.7 Å². The van der Waals surface area contributed by atoms with E-state index >= 15 is 0 Å². The Labute approximate surface area is 172 Å². The highest BCUT2D eigenvalue weighted by Crippen LogP contribution is 2.31. The van der Waals surface area contributed by atoms with Gasteiger partial charge in [0.15, 0.2) is 0 Å². The fourth-order valence-corrected chi connectivity index (χ4v) is 3.63. The van der Waals surface area contributed by atoms with Crippen molar-refractivity contribution in [2.75, 3.05) is 12.4 Å². The molecule has 1 amide bonds. The summed E-state index contributed by atoms with van der Waals surface area (Å²) in [5.74, 6) is 0.00890. The molecule has 1 fully saturated rings. The van der Waals surface area contributed by atoms with E-state index in [1.54, 1.807) is 36.1 Å². The Balaban J connectivity index is 1.63. The van der Waals surface area contributed by atoms with Gasteiger partial charge in [0, 0.05) is 16.6 Å². The summed E-state index contributed by atoms with van der Waals surface area (Å²) in [5, 5.41) is 8.92. The van der Waals surface area contributed by atoms with E-state index in [0.717, 1.165) is 30.2 Å². The Morgan fingerprint density at radius 1 is 1.29 bits per heavy atom. The van der Waals surface area contributed by atoms with Gasteiger partial charge >= 0.3 is 5.97 Å². The normalized spacial score (nSPS) is 14.5. The van der Waals surface area contributed by atoms with Crippen LogP contribution in [0.1, 0.15) is 33.1 Å². The first kappa shape index (κ1) is 20.7. The Bertz CT molecular complexity index is 823. The summed E-state index contributed by atoms with van der Waals surface area (Å²) < 4.78 is 10.8. The van der Waals surface area contributed by atoms with Crippen molar-refractivity contribution in [3.05, 3.63) is 29.3 Å². The second-order valence-corrected chi connectivity index (χ2v) is 7.74. The van der Waals surface area contributed by atoms with Crippen LogP contribution in [0.15, 0.2) is 33.9 Å². The summed E-state index contributed by atoms with van der Waals surface area (Å²) in [7, 11) is 0. The summed E-state index contributed by atoms with van der Waals surface area (Å²) >= 11 is 7.05. The van der Waals surface area contributed by atoms with Crippen LogP contribution in [0.25, 0.3) is 11.5 Å². The van der Waals surface area contributed by atoms with Gasteiger partial charge in [0.2, 0.25) is 11.8 Å². The zero-order valence-electron chi connectivity index (χ0n) is 15.8. The van der Waals surface area contributed by atoms with Gasteiger partial charge in [-0.15, -0.1) is 10.2 Å². The third kappa shape index (κ3) is 5.05. The lowest BCUT2D eigenvalue weighted by Gasteiger charge is -2.29. The van der Waals surface area contributed by atoms with Gasteiger partial charge < -0.3 is 14.1 Å². The molecule has 0 spiro atoms. The monoisotopic (exact) mass is 423 g/mol. The molecule has 1 aliphatic carbocycles. The van der Waals surface area contributed by atoms with Gasteiger partial charge in [0.1, 0.15) is 6.04 Å². The highest BCUT2D eigenvalue weighted by atomic mass is 35.5. The molecule has 1 saturated carbocycles. The van der Waals surface area contributed by atoms with Crippen LogP contribution in [0.5, 0.6) is 0 Å². The highest BCUT2D eigenvalue weighted by molar-refractivity contribution is 7.99. The van der Waals surface area contributed by atoms with E-state index in [4.69, 9.17) is 20.8 Å². The number of thioether (sulfide) groups is 1. The number of hydrogen-bond acceptors (Lipinski definition) is 7. The first-order chi connectivity index (χ1) is 13.5. The number of amides is 1. The van der Waals surface area contributed by atoms with Crippen molar-refractivity contribution in [1.29, 1.82) is 0 Å². The number of esters is 1. The van der Waals surface area contributed by atoms with Gasteiger partial charge in [0.25, 0.3) is 5.22 Å². The van der Waals surface area contributed by atoms with E-state index in [2.05, 4.69) is 10.2 Å². The Morgan fingerprint density at radius 2 is 2.00 bits per heavy atom. The molecule has 9 heteroatoms. The van der Waals surface area contributed by atoms with Crippen molar-refractivity contribution in [1.82, 2.24) is 15.1 Å². The Kier molecular flexibility index (Phi) is 6.96. The van der Waals surface area contributed by atoms with E-state index in [0.29, 0.717) is 29.2 Å². The lowest BCUT2D eigenvalue weighted by atomic mass is 10.2. The minimum atomic E-state index is -0.548. The number of benzene rings is 1. The number of ether oxygens (including phenoxy) is 1. The molecule has 0 radical (unpaired) electrons. The average molecular weight is 424 g/mol. The number of carbonyl (C=O) groups excluding carboxylic acids is 2. The average Bonchev–Trinajstić information content (AvgIpc) is 3.41. The van der Waals surface area contributed by atoms with Crippen LogP contribution in [0, 0.1) is 0 Å². The van der Waals surface area contributed by atoms with Crippen molar-refractivity contribution in [2.24, 2.45) is 0 Å². The van der Waals surface area contributed by atoms with E-state index in [1.165, 1.54) is 0 Å². The molecule has 1 aromatic heterocycles. The van der Waals surface area contributed by atoms with Crippen LogP contribution < -0.4 is 0 Å². The van der Waals surface area contributed by atoms with Crippen molar-refractivity contribution in [2.45, 2.75) is 50.4 Å². The predicted octanol–water partition coefficient (Wildman–Crippen LogP) is 3.81. The molecule has 1 aromatic carbocycles. The molecular weight excluding hydrogens is 402 g/mol. The van der Waals surface area contributed by atoms with Crippen LogP contribution in [-0.4, -0.2) is 51.4 Å². The fourth-order valence-electron chi connectivity index (χ4n) is 2.88. The summed E-state index contributed by atoms with van der Waals surface area (Å²) in [6.07, 6.45) is 2.34. The largest absolute Gasteiger partial charge is 0.464 e. The summed E-state index contributed by atoms with van der Waals surface area (Å²) in [5.41, 5.74) is 0.753. The number of aromatic nitrogens is 2. The second-order valence-electron chi connectivity index (χ2n) is 6.38. The Morgan fingerprint density at radius 3 is 2.61 bits per heavy atom. The molecule has 7 nitrogen and oxygen atoms in total. The molecular formula is C19H22ClN3O4S. The lowest BCUT2D eigenvalue weighted by molar-refractivity contribution is -0.154. The lowest BCUT2D eigenvalue weighted by Crippen LogP contribution is -2.47. The standard InChI is InChI=1S/C19H22ClN3O4S/c1-3-15(18(25)26-4-2)23(14-9-10-14)16(24)11-28-19-22-21-17(27-19)12-5-7-13(20)8-6-12/h5-8,14-15H,3-4,9-11H2,1-2H3. The minimum absolute atomic E-state index is 0.106. The minimum Gasteiger partial charge on any atom is -0.464 e. The molecule has 0 aliphatic heterocycles. The van der Waals surface area contributed by atoms with Gasteiger partial charge in [-0.2, -0.15) is 0 Å². The van der Waals surface area contributed by atoms with Gasteiger partial charge in [-0.3, -0.25) is 4.79 Å². The maximum Gasteiger partial charge on any atom is 0.328 e. The van der Waals surface area contributed by atoms with Crippen molar-refractivity contribution >= 4 is 35.2 Å². The van der Waals surface area contributed by atoms with Crippen LogP contribution in [0.2, 0.25) is 5.02 Å². The third-order valence-corrected chi connectivity index (χ3v) is 5.38. The van der Waals surface area contributed by atoms with Crippen LogP contribution in [0.3, 0.4) is 0 Å². The summed E-state index contributed by atoms with van der Waals surface area (Å²) in [6, 6.07) is 6.61. The van der Waals surface area contributed by atoms with E-state index in [9.17, 15) is 9.59 Å². The Hall–Kier alpha value is -2.06. The van der Waals surface area contributed by atoms with Gasteiger partial charge in [0.05, 0.1) is 12.4 Å². The van der Waals surface area contributed by atoms with Crippen LogP contribution >= 0.6 is 23.4 Å². The summed E-state index contributed by atoms with van der Waals surface area (Å²) in [6.45, 7) is 3.94. The molecule has 1 unspecified atom stereocenters. The van der Waals surface area contributed by atoms with Crippen LogP contribution in [-0.2, 0) is 14.3 Å². The molecule has 0 N–H and O–H groups in total. The molecule has 150 valence electrons. The molecule has 28 heavy (non-hydrogen) atoms. The molecule has 3 rings (SSSR count). The third-order valence-electron chi connectivity index (χ3n) is 4.33. The fraction of sp³-hybridized carbons (Fsp3) is 0.474. The van der Waals surface area contributed by atoms with E-state index in [1.807, 2.05) is 6.92 Å². The van der Waals surface area contributed by atoms with Crippen LogP contribution in [0.4, 0.5) is 0 Å². The van der Waals surface area contributed by atoms with Gasteiger partial charge in [-0.05, 0) is 50.5 Å². The molecule has 1 aliphatic rings. The highest BCUT2D eigenvalue weighted by Gasteiger charge is 2.40. The topological polar surface area (TPSA) is 85.5 Å². The maximum atomic E-state index is 12.8. The zero-order valence-corrected chi connectivity index (χ0v) is 17.3. The molecule has 0 bridgehead atoms. The van der Waals surface area contributed by atoms with E-state index < -0.39 is 6.04 Å². The van der Waals surface area contributed by atoms with Gasteiger partial charge in [-0.25, -0.2) is 4.79 Å². The molecule has 1 heterocycles. The number of carbonyl (C=O) groups is 2. The molecule has 2 aromatic rings. The smallest absolute Gasteiger partial charge is 0.328 e. The SMILES string of the molecule is CCOC(=O)C(CC)N(C(=O)CSc1nnc(-c2ccc(Cl)cc2)o1)C1CC1. The second kappa shape index (κ2) is 9.43. The van der Waals surface area contributed by atoms with Crippen molar-refractivity contribution in [3.63, 3.8) is 0 Å². The maximum absolute atomic E-state index is 12.8. The predicted molar refractivity (Wildman–Crippen MR) is 106 cm³/mol. The first-order valence-corrected chi connectivity index (χ1v) is 10.6. The number of hydrogen-bond donors (Lipinski definition) is 0. The number of rotatable bonds is 9. The molecule has 0 saturated heterocycles. The number of nitrogens with zero attached hydrogens (tertiary/aromatic N) is 3. The summed E-state index contributed by atoms with van der Waals surface area (Å²) in [4.78, 5) is 26.7. The molecule has 1 atom stereocenters. The number of halogens is 1. The zero-order chi connectivity index (χ0) is 20.1.